The molecule has 0 bridgehead atoms. The first kappa shape index (κ1) is 33.9. The molecule has 3 aromatic carbocycles. The summed E-state index contributed by atoms with van der Waals surface area (Å²) in [4.78, 5) is 0. The van der Waals surface area contributed by atoms with Crippen LogP contribution in [0.15, 0.2) is 77.9 Å². The van der Waals surface area contributed by atoms with E-state index in [1.807, 2.05) is 30.3 Å². The van der Waals surface area contributed by atoms with Crippen LogP contribution in [0.5, 0.6) is 0 Å². The second-order valence-electron chi connectivity index (χ2n) is 11.8. The summed E-state index contributed by atoms with van der Waals surface area (Å²) in [7, 11) is 0. The summed E-state index contributed by atoms with van der Waals surface area (Å²) in [6, 6.07) is 27.6. The quantitative estimate of drug-likeness (QED) is 0.181. The number of benzene rings is 3. The van der Waals surface area contributed by atoms with Crippen LogP contribution >= 0.6 is 0 Å². The zero-order valence-corrected chi connectivity index (χ0v) is 27.8. The second kappa shape index (κ2) is 14.9. The SMILES string of the molecule is CC(C)(C)c1c[c-]c2c(c1)-c1cc(C(C)(C)C)ccc1C2.CC1=[C-]C(C)C=C1C.[CH2]=[Zr].[CH3-].[c-]1ccccc1. The Bertz CT molecular complexity index is 1110. The van der Waals surface area contributed by atoms with Gasteiger partial charge in [-0.2, -0.15) is 71.8 Å². The van der Waals surface area contributed by atoms with Crippen molar-refractivity contribution in [3.05, 3.63) is 126 Å². The van der Waals surface area contributed by atoms with Gasteiger partial charge in [0.2, 0.25) is 0 Å². The van der Waals surface area contributed by atoms with Gasteiger partial charge in [0.05, 0.1) is 0 Å². The molecular weight excluding hydrogens is 536 g/mol. The van der Waals surface area contributed by atoms with Gasteiger partial charge in [-0.1, -0.05) is 96.0 Å². The number of rotatable bonds is 0. The topological polar surface area (TPSA) is 0 Å². The molecule has 0 aliphatic heterocycles. The largest absolute Gasteiger partial charge is 0.358 e. The molecule has 2 aliphatic carbocycles. The number of fused-ring (bicyclic) bond motifs is 3. The van der Waals surface area contributed by atoms with Crippen molar-refractivity contribution >= 4 is 4.21 Å². The van der Waals surface area contributed by atoms with Gasteiger partial charge in [0.25, 0.3) is 0 Å². The van der Waals surface area contributed by atoms with Gasteiger partial charge in [0.15, 0.2) is 0 Å². The van der Waals surface area contributed by atoms with E-state index in [-0.39, 0.29) is 18.3 Å². The summed E-state index contributed by atoms with van der Waals surface area (Å²) in [6.45, 7) is 20.0. The molecule has 0 heterocycles. The Morgan fingerprint density at radius 3 is 1.82 bits per heavy atom. The van der Waals surface area contributed by atoms with Crippen LogP contribution in [-0.2, 0) is 41.5 Å². The third-order valence-electron chi connectivity index (χ3n) is 6.67. The number of hydrogen-bond donors (Lipinski definition) is 0. The zero-order valence-electron chi connectivity index (χ0n) is 25.3. The van der Waals surface area contributed by atoms with Crippen LogP contribution in [-0.4, -0.2) is 4.21 Å². The maximum absolute atomic E-state index is 3.53. The summed E-state index contributed by atoms with van der Waals surface area (Å²) < 4.78 is 3.34. The van der Waals surface area contributed by atoms with E-state index < -0.39 is 0 Å². The smallest absolute Gasteiger partial charge is 0.171 e. The van der Waals surface area contributed by atoms with Crippen molar-refractivity contribution in [3.63, 3.8) is 0 Å². The molecule has 0 saturated carbocycles. The van der Waals surface area contributed by atoms with E-state index in [0.717, 1.165) is 6.42 Å². The maximum Gasteiger partial charge on any atom is -0.171 e. The van der Waals surface area contributed by atoms with Crippen LogP contribution in [0.25, 0.3) is 11.1 Å². The van der Waals surface area contributed by atoms with Crippen LogP contribution in [0.2, 0.25) is 0 Å². The Morgan fingerprint density at radius 1 is 0.842 bits per heavy atom. The first-order valence-corrected chi connectivity index (χ1v) is 14.8. The molecule has 0 N–H and O–H groups in total. The molecule has 202 valence electrons. The summed E-state index contributed by atoms with van der Waals surface area (Å²) in [5.74, 6) is 0.551. The molecule has 2 aliphatic rings. The zero-order chi connectivity index (χ0) is 27.8. The van der Waals surface area contributed by atoms with Crippen molar-refractivity contribution in [3.8, 4) is 11.1 Å². The molecule has 0 saturated heterocycles. The fraction of sp³-hybridized carbons (Fsp3) is 0.351. The molecule has 0 spiro atoms. The third-order valence-corrected chi connectivity index (χ3v) is 6.67. The molecular formula is C37H46Zr-4. The van der Waals surface area contributed by atoms with Gasteiger partial charge in [-0.05, 0) is 17.4 Å². The summed E-state index contributed by atoms with van der Waals surface area (Å²) in [6.07, 6.45) is 6.55. The van der Waals surface area contributed by atoms with Crippen LogP contribution in [0, 0.1) is 31.6 Å². The second-order valence-corrected chi connectivity index (χ2v) is 11.8. The molecule has 1 atom stereocenters. The van der Waals surface area contributed by atoms with E-state index >= 15 is 0 Å². The van der Waals surface area contributed by atoms with Crippen LogP contribution < -0.4 is 0 Å². The maximum atomic E-state index is 3.53. The van der Waals surface area contributed by atoms with Gasteiger partial charge in [0.1, 0.15) is 0 Å². The minimum absolute atomic E-state index is 0. The third kappa shape index (κ3) is 9.57. The Morgan fingerprint density at radius 2 is 1.42 bits per heavy atom. The van der Waals surface area contributed by atoms with E-state index in [2.05, 4.69) is 121 Å². The monoisotopic (exact) mass is 580 g/mol. The van der Waals surface area contributed by atoms with Crippen molar-refractivity contribution in [2.24, 2.45) is 5.92 Å². The van der Waals surface area contributed by atoms with E-state index in [9.17, 15) is 0 Å². The normalized spacial score (nSPS) is 14.9. The van der Waals surface area contributed by atoms with Crippen molar-refractivity contribution in [2.45, 2.75) is 79.6 Å². The molecule has 3 aromatic rings. The van der Waals surface area contributed by atoms with E-state index in [0.29, 0.717) is 5.92 Å². The van der Waals surface area contributed by atoms with E-state index in [1.165, 1.54) is 68.8 Å². The van der Waals surface area contributed by atoms with Gasteiger partial charge in [-0.3, -0.25) is 6.08 Å². The molecule has 0 aromatic heterocycles. The molecule has 1 unspecified atom stereocenters. The van der Waals surface area contributed by atoms with Crippen molar-refractivity contribution in [1.29, 1.82) is 0 Å². The number of hydrogen-bond acceptors (Lipinski definition) is 0. The van der Waals surface area contributed by atoms with Gasteiger partial charge in [0, 0.05) is 0 Å². The van der Waals surface area contributed by atoms with Crippen molar-refractivity contribution in [1.82, 2.24) is 0 Å². The van der Waals surface area contributed by atoms with Gasteiger partial charge in [-0.25, -0.2) is 11.1 Å². The Kier molecular flexibility index (Phi) is 13.3. The number of allylic oxidation sites excluding steroid dienone is 4. The van der Waals surface area contributed by atoms with Gasteiger partial charge < -0.3 is 7.43 Å². The summed E-state index contributed by atoms with van der Waals surface area (Å²) in [5.41, 5.74) is 11.5. The van der Waals surface area contributed by atoms with E-state index in [1.54, 1.807) is 0 Å². The van der Waals surface area contributed by atoms with Crippen molar-refractivity contribution < 1.29 is 24.2 Å². The van der Waals surface area contributed by atoms with Gasteiger partial charge >= 0.3 is 28.4 Å². The minimum Gasteiger partial charge on any atom is -0.358 e. The first-order valence-electron chi connectivity index (χ1n) is 13.1. The fourth-order valence-electron chi connectivity index (χ4n) is 4.32. The van der Waals surface area contributed by atoms with Gasteiger partial charge in [-0.15, -0.1) is 12.5 Å². The molecule has 0 nitrogen and oxygen atoms in total. The average molecular weight is 582 g/mol. The van der Waals surface area contributed by atoms with Crippen LogP contribution in [0.1, 0.15) is 84.6 Å². The summed E-state index contributed by atoms with van der Waals surface area (Å²) >= 11 is 1.30. The standard InChI is InChI=1S/C21H25.C8H11.C6H5.CH3.CH2.Zr/c1-20(2,3)16-9-7-14-11-15-8-10-17(21(4,5)6)13-19(15)18(14)12-16;1-6-4-7(2)8(3)5-6;1-2-4-6-5-3-1;;;/h7,9-10,12-13H,11H2,1-6H3;4,6H,1-3H3;1-5H;1H3;1H2;/q4*-1;;. The van der Waals surface area contributed by atoms with Crippen LogP contribution in [0.3, 0.4) is 0 Å². The first-order chi connectivity index (χ1) is 17.4. The predicted octanol–water partition coefficient (Wildman–Crippen LogP) is 9.89. The summed E-state index contributed by atoms with van der Waals surface area (Å²) in [5, 5.41) is 0. The average Bonchev–Trinajstić information content (AvgIpc) is 3.37. The van der Waals surface area contributed by atoms with Crippen LogP contribution in [0.4, 0.5) is 0 Å². The van der Waals surface area contributed by atoms with Crippen molar-refractivity contribution in [2.75, 3.05) is 0 Å². The Labute approximate surface area is 249 Å². The minimum atomic E-state index is 0. The predicted molar refractivity (Wildman–Crippen MR) is 165 cm³/mol. The molecule has 1 heteroatoms. The Hall–Kier alpha value is -2.11. The molecule has 5 rings (SSSR count). The molecule has 0 amide bonds. The molecule has 0 radical (unpaired) electrons. The Balaban J connectivity index is 0.000000349. The molecule has 0 fully saturated rings. The molecule has 38 heavy (non-hydrogen) atoms. The van der Waals surface area contributed by atoms with E-state index in [4.69, 9.17) is 0 Å². The fourth-order valence-corrected chi connectivity index (χ4v) is 4.32.